The fourth-order valence-corrected chi connectivity index (χ4v) is 12.2. The number of aromatic nitrogens is 4. The summed E-state index contributed by atoms with van der Waals surface area (Å²) in [5.41, 5.74) is 13.1. The maximum atomic E-state index is 14.4. The molecule has 4 N–H and O–H groups in total. The van der Waals surface area contributed by atoms with Gasteiger partial charge in [-0.3, -0.25) is 9.59 Å². The number of H-pyrrole nitrogens is 2. The molecular weight excluding hydrogens is 1020 g/mol. The van der Waals surface area contributed by atoms with Crippen molar-refractivity contribution in [2.45, 2.75) is 38.6 Å². The van der Waals surface area contributed by atoms with Crippen molar-refractivity contribution in [1.82, 2.24) is 24.8 Å². The van der Waals surface area contributed by atoms with Crippen LogP contribution >= 0.6 is 23.2 Å². The first-order valence-corrected chi connectivity index (χ1v) is 27.3. The summed E-state index contributed by atoms with van der Waals surface area (Å²) >= 11 is 13.2. The quantitative estimate of drug-likeness (QED) is 0.0615. The number of phenols is 2. The van der Waals surface area contributed by atoms with Crippen molar-refractivity contribution >= 4 is 95.7 Å². The predicted molar refractivity (Wildman–Crippen MR) is 315 cm³/mol. The molecule has 2 atom stereocenters. The number of imidazole rings is 2. The molecule has 0 bridgehead atoms. The van der Waals surface area contributed by atoms with Gasteiger partial charge in [-0.05, 0) is 164 Å². The molecule has 12 rings (SSSR count). The van der Waals surface area contributed by atoms with Crippen LogP contribution in [0.25, 0.3) is 66.4 Å². The SMILES string of the molecule is Cc1cccc2c(O)cc3c(c12)C(CCl)CN3C(=O)c1ccc2nc(-c3ccc(N(C)Cc4cc(C)c5c6c(cc(O)c5c4)N(C(=O)c4ccc5nc(-c7ccc(OCCCN(C)C)cc7)[nH]c5c4)CC6CCl)cc3)[nH]c2c1. The number of rotatable bonds is 14. The Morgan fingerprint density at radius 2 is 1.19 bits per heavy atom. The van der Waals surface area contributed by atoms with Crippen LogP contribution in [0.3, 0.4) is 0 Å². The van der Waals surface area contributed by atoms with Crippen molar-refractivity contribution in [3.8, 4) is 40.0 Å². The standard InChI is InChI=1S/C63H58Cl2N8O5/c1-35-8-6-9-46-54(74)28-52-58(56(35)46)42(30-64)33-72(52)62(76)40-14-20-48-50(26-40)68-60(66-48)38-10-16-44(17-11-38)71(5)32-37-24-36(2)57-47(25-37)55(75)29-53-59(57)43(31-65)34-73(53)63(77)41-15-21-49-51(27-41)69-61(67-49)39-12-18-45(19-13-39)78-23-7-22-70(3)4/h6,8-21,24-29,42-43,74-75H,7,22-23,30-34H2,1-5H3,(H,66,68)(H,67,69). The Morgan fingerprint density at radius 3 is 1.74 bits per heavy atom. The van der Waals surface area contributed by atoms with E-state index in [0.29, 0.717) is 72.2 Å². The van der Waals surface area contributed by atoms with Gasteiger partial charge in [0.2, 0.25) is 0 Å². The number of halogens is 2. The number of aryl methyl sites for hydroxylation is 2. The van der Waals surface area contributed by atoms with Gasteiger partial charge in [0.15, 0.2) is 0 Å². The van der Waals surface area contributed by atoms with E-state index in [1.807, 2.05) is 98.9 Å². The number of aromatic amines is 2. The van der Waals surface area contributed by atoms with Crippen molar-refractivity contribution in [1.29, 1.82) is 0 Å². The largest absolute Gasteiger partial charge is 0.507 e. The molecule has 8 aromatic carbocycles. The normalized spacial score (nSPS) is 15.1. The lowest BCUT2D eigenvalue weighted by molar-refractivity contribution is 0.0981. The Morgan fingerprint density at radius 1 is 0.654 bits per heavy atom. The van der Waals surface area contributed by atoms with Crippen LogP contribution in [0.15, 0.2) is 127 Å². The highest BCUT2D eigenvalue weighted by Gasteiger charge is 2.37. The number of amides is 2. The highest BCUT2D eigenvalue weighted by Crippen LogP contribution is 2.49. The topological polar surface area (TPSA) is 154 Å². The molecule has 0 radical (unpaired) electrons. The summed E-state index contributed by atoms with van der Waals surface area (Å²) < 4.78 is 5.92. The first-order chi connectivity index (χ1) is 37.7. The number of carbonyl (C=O) groups excluding carboxylic acids is 2. The van der Waals surface area contributed by atoms with Crippen LogP contribution in [0.1, 0.15) is 66.8 Å². The summed E-state index contributed by atoms with van der Waals surface area (Å²) in [6.45, 7) is 7.04. The van der Waals surface area contributed by atoms with E-state index in [1.54, 1.807) is 34.1 Å². The van der Waals surface area contributed by atoms with Gasteiger partial charge >= 0.3 is 0 Å². The molecule has 0 spiro atoms. The summed E-state index contributed by atoms with van der Waals surface area (Å²) in [5, 5.41) is 26.1. The molecule has 4 heterocycles. The number of carbonyl (C=O) groups is 2. The van der Waals surface area contributed by atoms with Gasteiger partial charge in [0, 0.05) is 108 Å². The molecule has 0 saturated carbocycles. The van der Waals surface area contributed by atoms with Crippen molar-refractivity contribution in [2.75, 3.05) is 73.8 Å². The molecule has 2 aliphatic rings. The number of phenolic OH excluding ortho intramolecular Hbond substituents is 2. The first kappa shape index (κ1) is 50.7. The highest BCUT2D eigenvalue weighted by molar-refractivity contribution is 6.20. The monoisotopic (exact) mass is 1080 g/mol. The number of ether oxygens (including phenoxy) is 1. The number of nitrogens with zero attached hydrogens (tertiary/aromatic N) is 6. The minimum atomic E-state index is -0.183. The first-order valence-electron chi connectivity index (χ1n) is 26.2. The number of anilines is 3. The van der Waals surface area contributed by atoms with E-state index in [9.17, 15) is 19.8 Å². The summed E-state index contributed by atoms with van der Waals surface area (Å²) in [7, 11) is 6.13. The maximum Gasteiger partial charge on any atom is 0.258 e. The lowest BCUT2D eigenvalue weighted by Crippen LogP contribution is -2.30. The molecule has 78 heavy (non-hydrogen) atoms. The fraction of sp³-hybridized carbons (Fsp3) is 0.238. The van der Waals surface area contributed by atoms with Crippen LogP contribution < -0.4 is 19.4 Å². The van der Waals surface area contributed by atoms with Crippen molar-refractivity contribution in [3.05, 3.63) is 166 Å². The highest BCUT2D eigenvalue weighted by atomic mass is 35.5. The van der Waals surface area contributed by atoms with Gasteiger partial charge in [0.05, 0.1) is 40.0 Å². The smallest absolute Gasteiger partial charge is 0.258 e. The Hall–Kier alpha value is -8.10. The van der Waals surface area contributed by atoms with Gasteiger partial charge in [-0.15, -0.1) is 23.2 Å². The van der Waals surface area contributed by atoms with Crippen LogP contribution in [0, 0.1) is 13.8 Å². The summed E-state index contributed by atoms with van der Waals surface area (Å²) in [6, 6.07) is 40.4. The number of hydrogen-bond donors (Lipinski definition) is 4. The van der Waals surface area contributed by atoms with Crippen LogP contribution in [0.5, 0.6) is 17.2 Å². The Labute approximate surface area is 461 Å². The maximum absolute atomic E-state index is 14.4. The van der Waals surface area contributed by atoms with Gasteiger partial charge in [-0.2, -0.15) is 0 Å². The molecular formula is C63H58Cl2N8O5. The van der Waals surface area contributed by atoms with Crippen LogP contribution in [0.4, 0.5) is 17.1 Å². The zero-order chi connectivity index (χ0) is 54.1. The lowest BCUT2D eigenvalue weighted by atomic mass is 9.91. The predicted octanol–water partition coefficient (Wildman–Crippen LogP) is 13.0. The van der Waals surface area contributed by atoms with E-state index in [2.05, 4.69) is 59.0 Å². The van der Waals surface area contributed by atoms with Crippen LogP contribution in [0.2, 0.25) is 0 Å². The molecule has 2 aliphatic heterocycles. The Balaban J connectivity index is 0.739. The fourth-order valence-electron chi connectivity index (χ4n) is 11.7. The van der Waals surface area contributed by atoms with Crippen molar-refractivity contribution in [2.24, 2.45) is 0 Å². The molecule has 0 saturated heterocycles. The van der Waals surface area contributed by atoms with Gasteiger partial charge in [0.25, 0.3) is 11.8 Å². The molecule has 15 heteroatoms. The summed E-state index contributed by atoms with van der Waals surface area (Å²) in [6.07, 6.45) is 0.941. The number of nitrogens with one attached hydrogen (secondary N) is 2. The van der Waals surface area contributed by atoms with Crippen molar-refractivity contribution < 1.29 is 24.5 Å². The van der Waals surface area contributed by atoms with E-state index in [1.165, 1.54) is 0 Å². The number of hydrogen-bond acceptors (Lipinski definition) is 9. The summed E-state index contributed by atoms with van der Waals surface area (Å²) in [4.78, 5) is 53.0. The number of alkyl halides is 2. The average molecular weight is 1080 g/mol. The second kappa shape index (κ2) is 20.4. The molecule has 2 amide bonds. The van der Waals surface area contributed by atoms with E-state index < -0.39 is 0 Å². The van der Waals surface area contributed by atoms with Gasteiger partial charge in [-0.1, -0.05) is 24.3 Å². The van der Waals surface area contributed by atoms with Gasteiger partial charge in [0.1, 0.15) is 28.9 Å². The Bertz CT molecular complexity index is 4000. The molecule has 13 nitrogen and oxygen atoms in total. The minimum Gasteiger partial charge on any atom is -0.507 e. The zero-order valence-corrected chi connectivity index (χ0v) is 45.5. The zero-order valence-electron chi connectivity index (χ0n) is 44.0. The second-order valence-corrected chi connectivity index (χ2v) is 21.7. The number of fused-ring (bicyclic) bond motifs is 8. The summed E-state index contributed by atoms with van der Waals surface area (Å²) in [5.74, 6) is 2.50. The molecule has 2 unspecified atom stereocenters. The van der Waals surface area contributed by atoms with E-state index >= 15 is 0 Å². The molecule has 0 aliphatic carbocycles. The second-order valence-electron chi connectivity index (χ2n) is 21.1. The average Bonchev–Trinajstić information content (AvgIpc) is 4.29. The van der Waals surface area contributed by atoms with Crippen LogP contribution in [-0.2, 0) is 6.54 Å². The third-order valence-corrected chi connectivity index (χ3v) is 16.3. The van der Waals surface area contributed by atoms with Gasteiger partial charge < -0.3 is 44.5 Å². The third kappa shape index (κ3) is 9.08. The van der Waals surface area contributed by atoms with Crippen molar-refractivity contribution in [3.63, 3.8) is 0 Å². The number of aromatic hydroxyl groups is 2. The van der Waals surface area contributed by atoms with E-state index in [4.69, 9.17) is 37.9 Å². The van der Waals surface area contributed by atoms with E-state index in [0.717, 1.165) is 107 Å². The van der Waals surface area contributed by atoms with Gasteiger partial charge in [-0.25, -0.2) is 9.97 Å². The van der Waals surface area contributed by atoms with E-state index in [-0.39, 0.29) is 35.1 Å². The molecule has 394 valence electrons. The molecule has 2 aromatic heterocycles. The minimum absolute atomic E-state index is 0.0746. The van der Waals surface area contributed by atoms with Crippen LogP contribution in [-0.4, -0.2) is 106 Å². The molecule has 10 aromatic rings. The lowest BCUT2D eigenvalue weighted by Gasteiger charge is -2.22. The third-order valence-electron chi connectivity index (χ3n) is 15.5. The number of benzene rings is 8. The Kier molecular flexibility index (Phi) is 13.2. The molecule has 0 fully saturated rings.